The first-order chi connectivity index (χ1) is 6.31. The number of imidazole rings is 1. The molecule has 4 heteroatoms. The van der Waals surface area contributed by atoms with E-state index in [1.54, 1.807) is 17.7 Å². The van der Waals surface area contributed by atoms with Crippen LogP contribution in [0.1, 0.15) is 12.6 Å². The fourth-order valence-corrected chi connectivity index (χ4v) is 2.10. The number of hydrogen-bond acceptors (Lipinski definition) is 3. The minimum Gasteiger partial charge on any atom is -0.332 e. The summed E-state index contributed by atoms with van der Waals surface area (Å²) in [6, 6.07) is 0. The Hall–Kier alpha value is -1.16. The van der Waals surface area contributed by atoms with Crippen molar-refractivity contribution in [3.63, 3.8) is 0 Å². The maximum Gasteiger partial charge on any atom is 0.141 e. The van der Waals surface area contributed by atoms with Gasteiger partial charge in [0.1, 0.15) is 5.01 Å². The second-order valence-corrected chi connectivity index (χ2v) is 3.75. The van der Waals surface area contributed by atoms with Crippen LogP contribution in [-0.4, -0.2) is 14.5 Å². The van der Waals surface area contributed by atoms with Crippen molar-refractivity contribution in [2.75, 3.05) is 0 Å². The molecular formula is C9H11N3S. The quantitative estimate of drug-likeness (QED) is 0.731. The van der Waals surface area contributed by atoms with Gasteiger partial charge in [-0.3, -0.25) is 0 Å². The predicted octanol–water partition coefficient (Wildman–Crippen LogP) is 2.11. The molecule has 2 aromatic heterocycles. The van der Waals surface area contributed by atoms with Gasteiger partial charge < -0.3 is 4.57 Å². The van der Waals surface area contributed by atoms with Gasteiger partial charge in [0.25, 0.3) is 0 Å². The molecule has 0 amide bonds. The summed E-state index contributed by atoms with van der Waals surface area (Å²) in [7, 11) is 1.98. The molecule has 2 rings (SSSR count). The summed E-state index contributed by atoms with van der Waals surface area (Å²) < 4.78 is 1.98. The van der Waals surface area contributed by atoms with Crippen molar-refractivity contribution < 1.29 is 0 Å². The first-order valence-electron chi connectivity index (χ1n) is 4.22. The second-order valence-electron chi connectivity index (χ2n) is 2.89. The van der Waals surface area contributed by atoms with Crippen molar-refractivity contribution in [1.29, 1.82) is 0 Å². The fraction of sp³-hybridized carbons (Fsp3) is 0.333. The van der Waals surface area contributed by atoms with Gasteiger partial charge in [0, 0.05) is 12.4 Å². The molecule has 68 valence electrons. The zero-order chi connectivity index (χ0) is 9.26. The minimum atomic E-state index is 0.994. The van der Waals surface area contributed by atoms with E-state index in [2.05, 4.69) is 22.3 Å². The average molecular weight is 193 g/mol. The zero-order valence-corrected chi connectivity index (χ0v) is 8.51. The van der Waals surface area contributed by atoms with Gasteiger partial charge in [-0.15, -0.1) is 11.3 Å². The Morgan fingerprint density at radius 2 is 2.38 bits per heavy atom. The third-order valence-corrected chi connectivity index (χ3v) is 2.86. The molecule has 0 aliphatic carbocycles. The molecule has 0 fully saturated rings. The van der Waals surface area contributed by atoms with E-state index in [1.165, 1.54) is 0 Å². The highest BCUT2D eigenvalue weighted by atomic mass is 32.1. The minimum absolute atomic E-state index is 0.994. The van der Waals surface area contributed by atoms with Gasteiger partial charge in [-0.2, -0.15) is 0 Å². The standard InChI is InChI=1S/C9H11N3S/c1-3-7-5-13-9(11-7)8-4-10-6-12(8)2/h4-6H,3H2,1-2H3. The maximum absolute atomic E-state index is 4.49. The van der Waals surface area contributed by atoms with Gasteiger partial charge >= 0.3 is 0 Å². The number of rotatable bonds is 2. The summed E-state index contributed by atoms with van der Waals surface area (Å²) in [5.41, 5.74) is 2.24. The third-order valence-electron chi connectivity index (χ3n) is 1.95. The van der Waals surface area contributed by atoms with Crippen LogP contribution in [0.15, 0.2) is 17.9 Å². The van der Waals surface area contributed by atoms with E-state index >= 15 is 0 Å². The van der Waals surface area contributed by atoms with Gasteiger partial charge in [0.05, 0.1) is 23.9 Å². The van der Waals surface area contributed by atoms with Crippen molar-refractivity contribution >= 4 is 11.3 Å². The van der Waals surface area contributed by atoms with E-state index in [0.29, 0.717) is 0 Å². The largest absolute Gasteiger partial charge is 0.332 e. The zero-order valence-electron chi connectivity index (χ0n) is 7.69. The van der Waals surface area contributed by atoms with Crippen molar-refractivity contribution in [1.82, 2.24) is 14.5 Å². The van der Waals surface area contributed by atoms with Gasteiger partial charge in [0.2, 0.25) is 0 Å². The highest BCUT2D eigenvalue weighted by Crippen LogP contribution is 2.22. The van der Waals surface area contributed by atoms with Crippen molar-refractivity contribution in [3.8, 4) is 10.7 Å². The molecule has 2 heterocycles. The number of hydrogen-bond donors (Lipinski definition) is 0. The first kappa shape index (κ1) is 8.44. The predicted molar refractivity (Wildman–Crippen MR) is 53.7 cm³/mol. The molecule has 0 aliphatic rings. The van der Waals surface area contributed by atoms with Crippen molar-refractivity contribution in [2.45, 2.75) is 13.3 Å². The van der Waals surface area contributed by atoms with Crippen molar-refractivity contribution in [2.24, 2.45) is 7.05 Å². The van der Waals surface area contributed by atoms with Crippen LogP contribution >= 0.6 is 11.3 Å². The Kier molecular flexibility index (Phi) is 2.14. The van der Waals surface area contributed by atoms with Crippen LogP contribution in [0.25, 0.3) is 10.7 Å². The molecule has 3 nitrogen and oxygen atoms in total. The van der Waals surface area contributed by atoms with Crippen LogP contribution in [0.2, 0.25) is 0 Å². The van der Waals surface area contributed by atoms with Gasteiger partial charge in [-0.05, 0) is 6.42 Å². The van der Waals surface area contributed by atoms with E-state index in [9.17, 15) is 0 Å². The van der Waals surface area contributed by atoms with Crippen molar-refractivity contribution in [3.05, 3.63) is 23.6 Å². The smallest absolute Gasteiger partial charge is 0.141 e. The highest BCUT2D eigenvalue weighted by Gasteiger charge is 2.06. The number of aromatic nitrogens is 3. The lowest BCUT2D eigenvalue weighted by molar-refractivity contribution is 0.917. The monoisotopic (exact) mass is 193 g/mol. The molecule has 0 saturated carbocycles. The SMILES string of the molecule is CCc1csc(-c2cncn2C)n1. The lowest BCUT2D eigenvalue weighted by Gasteiger charge is -1.95. The highest BCUT2D eigenvalue weighted by molar-refractivity contribution is 7.13. The fourth-order valence-electron chi connectivity index (χ4n) is 1.15. The van der Waals surface area contributed by atoms with Crippen LogP contribution in [-0.2, 0) is 13.5 Å². The van der Waals surface area contributed by atoms with Crippen LogP contribution in [0.5, 0.6) is 0 Å². The summed E-state index contributed by atoms with van der Waals surface area (Å²) in [6.45, 7) is 2.11. The van der Waals surface area contributed by atoms with Crippen LogP contribution < -0.4 is 0 Å². The molecule has 0 saturated heterocycles. The molecule has 0 atom stereocenters. The Labute approximate surface area is 81.1 Å². The first-order valence-corrected chi connectivity index (χ1v) is 5.10. The third kappa shape index (κ3) is 1.49. The Morgan fingerprint density at radius 3 is 2.92 bits per heavy atom. The Bertz CT molecular complexity index is 402. The lowest BCUT2D eigenvalue weighted by Crippen LogP contribution is -1.88. The van der Waals surface area contributed by atoms with E-state index < -0.39 is 0 Å². The summed E-state index contributed by atoms with van der Waals surface area (Å²) in [6.07, 6.45) is 4.63. The number of nitrogens with zero attached hydrogens (tertiary/aromatic N) is 3. The summed E-state index contributed by atoms with van der Waals surface area (Å²) in [5, 5.41) is 3.15. The van der Waals surface area contributed by atoms with Gasteiger partial charge in [-0.25, -0.2) is 9.97 Å². The molecule has 0 radical (unpaired) electrons. The summed E-state index contributed by atoms with van der Waals surface area (Å²) in [5.74, 6) is 0. The van der Waals surface area contributed by atoms with E-state index in [-0.39, 0.29) is 0 Å². The van der Waals surface area contributed by atoms with Gasteiger partial charge in [0.15, 0.2) is 0 Å². The maximum atomic E-state index is 4.49. The Balaban J connectivity index is 2.41. The molecule has 0 bridgehead atoms. The topological polar surface area (TPSA) is 30.7 Å². The summed E-state index contributed by atoms with van der Waals surface area (Å²) >= 11 is 1.67. The molecule has 0 aromatic carbocycles. The Morgan fingerprint density at radius 1 is 1.54 bits per heavy atom. The normalized spacial score (nSPS) is 10.6. The second kappa shape index (κ2) is 3.30. The lowest BCUT2D eigenvalue weighted by atomic mass is 10.4. The molecule has 2 aromatic rings. The molecule has 0 spiro atoms. The van der Waals surface area contributed by atoms with E-state index in [0.717, 1.165) is 22.8 Å². The number of thiazole rings is 1. The van der Waals surface area contributed by atoms with Gasteiger partial charge in [-0.1, -0.05) is 6.92 Å². The summed E-state index contributed by atoms with van der Waals surface area (Å²) in [4.78, 5) is 8.55. The van der Waals surface area contributed by atoms with E-state index in [1.807, 2.05) is 17.8 Å². The molecule has 0 unspecified atom stereocenters. The molecule has 0 N–H and O–H groups in total. The van der Waals surface area contributed by atoms with Crippen LogP contribution in [0, 0.1) is 0 Å². The van der Waals surface area contributed by atoms with Crippen LogP contribution in [0.4, 0.5) is 0 Å². The molecule has 0 aliphatic heterocycles. The average Bonchev–Trinajstić information content (AvgIpc) is 2.71. The molecular weight excluding hydrogens is 182 g/mol. The molecule has 13 heavy (non-hydrogen) atoms. The number of aryl methyl sites for hydroxylation is 2. The van der Waals surface area contributed by atoms with Crippen LogP contribution in [0.3, 0.4) is 0 Å². The van der Waals surface area contributed by atoms with E-state index in [4.69, 9.17) is 0 Å².